The first-order chi connectivity index (χ1) is 14.9. The Labute approximate surface area is 181 Å². The summed E-state index contributed by atoms with van der Waals surface area (Å²) < 4.78 is 27.1. The van der Waals surface area contributed by atoms with E-state index in [1.54, 1.807) is 32.0 Å². The van der Waals surface area contributed by atoms with Crippen LogP contribution in [0.4, 0.5) is 0 Å². The molecule has 3 rings (SSSR count). The van der Waals surface area contributed by atoms with E-state index in [0.29, 0.717) is 40.6 Å². The zero-order valence-electron chi connectivity index (χ0n) is 18.4. The Hall–Kier alpha value is -3.13. The first-order valence-electron chi connectivity index (χ1n) is 10.0. The first kappa shape index (κ1) is 22.6. The zero-order chi connectivity index (χ0) is 22.5. The van der Waals surface area contributed by atoms with Crippen LogP contribution in [0.25, 0.3) is 11.1 Å². The van der Waals surface area contributed by atoms with E-state index in [-0.39, 0.29) is 23.8 Å². The van der Waals surface area contributed by atoms with Gasteiger partial charge in [-0.3, -0.25) is 4.98 Å². The summed E-state index contributed by atoms with van der Waals surface area (Å²) in [5, 5.41) is 0. The minimum Gasteiger partial charge on any atom is -0.493 e. The molecule has 1 aromatic heterocycles. The van der Waals surface area contributed by atoms with Crippen LogP contribution in [0.15, 0.2) is 18.2 Å². The quantitative estimate of drug-likeness (QED) is 0.618. The van der Waals surface area contributed by atoms with Gasteiger partial charge in [0.25, 0.3) is 0 Å². The Morgan fingerprint density at radius 2 is 1.77 bits per heavy atom. The third-order valence-corrected chi connectivity index (χ3v) is 5.25. The molecule has 1 aliphatic rings. The fourth-order valence-corrected chi connectivity index (χ4v) is 3.82. The van der Waals surface area contributed by atoms with Gasteiger partial charge in [-0.2, -0.15) is 0 Å². The Kier molecular flexibility index (Phi) is 7.12. The number of carbonyl (C=O) groups is 2. The molecule has 0 aliphatic carbocycles. The van der Waals surface area contributed by atoms with Crippen LogP contribution < -0.4 is 9.47 Å². The van der Waals surface area contributed by atoms with Crippen LogP contribution in [0.1, 0.15) is 44.9 Å². The molecule has 8 heteroatoms. The molecule has 1 unspecified atom stereocenters. The second-order valence-electron chi connectivity index (χ2n) is 7.17. The van der Waals surface area contributed by atoms with Crippen molar-refractivity contribution in [1.29, 1.82) is 0 Å². The van der Waals surface area contributed by atoms with Crippen molar-refractivity contribution in [2.75, 3.05) is 34.5 Å². The SMILES string of the molecule is COC(=O)c1c(C)nc(C)c(C(=O)OCC2CCCO2)c1-c1cccc(OC)c1OC. The average molecular weight is 429 g/mol. The molecule has 166 valence electrons. The number of rotatable bonds is 7. The van der Waals surface area contributed by atoms with E-state index in [9.17, 15) is 9.59 Å². The van der Waals surface area contributed by atoms with E-state index in [0.717, 1.165) is 12.8 Å². The van der Waals surface area contributed by atoms with E-state index in [4.69, 9.17) is 23.7 Å². The smallest absolute Gasteiger partial charge is 0.340 e. The molecule has 0 bridgehead atoms. The lowest BCUT2D eigenvalue weighted by Gasteiger charge is -2.20. The lowest BCUT2D eigenvalue weighted by molar-refractivity contribution is 0.0161. The van der Waals surface area contributed by atoms with Gasteiger partial charge in [-0.05, 0) is 32.8 Å². The maximum absolute atomic E-state index is 13.2. The lowest BCUT2D eigenvalue weighted by Crippen LogP contribution is -2.21. The molecular weight excluding hydrogens is 402 g/mol. The molecule has 8 nitrogen and oxygen atoms in total. The van der Waals surface area contributed by atoms with Gasteiger partial charge >= 0.3 is 11.9 Å². The molecular formula is C23H27NO7. The summed E-state index contributed by atoms with van der Waals surface area (Å²) in [6.07, 6.45) is 1.65. The second-order valence-corrected chi connectivity index (χ2v) is 7.17. The highest BCUT2D eigenvalue weighted by atomic mass is 16.6. The van der Waals surface area contributed by atoms with Crippen LogP contribution >= 0.6 is 0 Å². The monoisotopic (exact) mass is 429 g/mol. The fraction of sp³-hybridized carbons (Fsp3) is 0.435. The summed E-state index contributed by atoms with van der Waals surface area (Å²) in [4.78, 5) is 30.4. The molecule has 31 heavy (non-hydrogen) atoms. The normalized spacial score (nSPS) is 15.5. The molecule has 1 aromatic carbocycles. The van der Waals surface area contributed by atoms with Gasteiger partial charge in [0.15, 0.2) is 11.5 Å². The number of aryl methyl sites for hydroxylation is 2. The number of carbonyl (C=O) groups excluding carboxylic acids is 2. The second kappa shape index (κ2) is 9.78. The highest BCUT2D eigenvalue weighted by molar-refractivity contribution is 6.08. The summed E-state index contributed by atoms with van der Waals surface area (Å²) in [5.41, 5.74) is 2.05. The van der Waals surface area contributed by atoms with Crippen molar-refractivity contribution >= 4 is 11.9 Å². The van der Waals surface area contributed by atoms with Gasteiger partial charge in [-0.25, -0.2) is 9.59 Å². The van der Waals surface area contributed by atoms with Gasteiger partial charge < -0.3 is 23.7 Å². The van der Waals surface area contributed by atoms with Crippen molar-refractivity contribution in [2.24, 2.45) is 0 Å². The highest BCUT2D eigenvalue weighted by Crippen LogP contribution is 2.42. The van der Waals surface area contributed by atoms with E-state index < -0.39 is 11.9 Å². The van der Waals surface area contributed by atoms with Crippen LogP contribution in [-0.4, -0.2) is 57.6 Å². The lowest BCUT2D eigenvalue weighted by atomic mass is 9.91. The number of aromatic nitrogens is 1. The number of para-hydroxylation sites is 1. The third-order valence-electron chi connectivity index (χ3n) is 5.25. The number of methoxy groups -OCH3 is 3. The summed E-state index contributed by atoms with van der Waals surface area (Å²) in [6.45, 7) is 4.18. The molecule has 0 radical (unpaired) electrons. The molecule has 0 spiro atoms. The van der Waals surface area contributed by atoms with Crippen LogP contribution in [-0.2, 0) is 14.2 Å². The van der Waals surface area contributed by atoms with E-state index >= 15 is 0 Å². The van der Waals surface area contributed by atoms with E-state index in [1.165, 1.54) is 21.3 Å². The molecule has 1 fully saturated rings. The number of hydrogen-bond acceptors (Lipinski definition) is 8. The van der Waals surface area contributed by atoms with Crippen LogP contribution in [0.3, 0.4) is 0 Å². The van der Waals surface area contributed by atoms with Gasteiger partial charge in [-0.1, -0.05) is 12.1 Å². The number of hydrogen-bond donors (Lipinski definition) is 0. The number of benzene rings is 1. The molecule has 1 saturated heterocycles. The molecule has 2 heterocycles. The highest BCUT2D eigenvalue weighted by Gasteiger charge is 2.30. The van der Waals surface area contributed by atoms with Crippen LogP contribution in [0.5, 0.6) is 11.5 Å². The molecule has 0 amide bonds. The van der Waals surface area contributed by atoms with Crippen LogP contribution in [0.2, 0.25) is 0 Å². The molecule has 1 aliphatic heterocycles. The summed E-state index contributed by atoms with van der Waals surface area (Å²) in [7, 11) is 4.29. The summed E-state index contributed by atoms with van der Waals surface area (Å²) in [5.74, 6) is -0.362. The van der Waals surface area contributed by atoms with Crippen molar-refractivity contribution in [2.45, 2.75) is 32.8 Å². The molecule has 0 saturated carbocycles. The Bertz CT molecular complexity index is 980. The van der Waals surface area contributed by atoms with Gasteiger partial charge in [0.05, 0.1) is 49.9 Å². The zero-order valence-corrected chi connectivity index (χ0v) is 18.4. The number of esters is 2. The number of ether oxygens (including phenoxy) is 5. The number of pyridine rings is 1. The molecule has 2 aromatic rings. The van der Waals surface area contributed by atoms with E-state index in [1.807, 2.05) is 0 Å². The topological polar surface area (TPSA) is 93.2 Å². The average Bonchev–Trinajstić information content (AvgIpc) is 3.29. The fourth-order valence-electron chi connectivity index (χ4n) is 3.82. The first-order valence-corrected chi connectivity index (χ1v) is 10.0. The number of nitrogens with zero attached hydrogens (tertiary/aromatic N) is 1. The van der Waals surface area contributed by atoms with Crippen molar-refractivity contribution in [3.63, 3.8) is 0 Å². The minimum absolute atomic E-state index is 0.127. The van der Waals surface area contributed by atoms with Gasteiger partial charge in [0.1, 0.15) is 6.61 Å². The van der Waals surface area contributed by atoms with Crippen LogP contribution in [0, 0.1) is 13.8 Å². The predicted molar refractivity (Wildman–Crippen MR) is 113 cm³/mol. The minimum atomic E-state index is -0.613. The maximum Gasteiger partial charge on any atom is 0.340 e. The van der Waals surface area contributed by atoms with Crippen molar-refractivity contribution < 1.29 is 33.3 Å². The standard InChI is InChI=1S/C23H27NO7/c1-13-18(22(25)29-5)20(16-9-6-10-17(27-3)21(16)28-4)19(14(2)24-13)23(26)31-12-15-8-7-11-30-15/h6,9-10,15H,7-8,11-12H2,1-5H3. The van der Waals surface area contributed by atoms with E-state index in [2.05, 4.69) is 4.98 Å². The van der Waals surface area contributed by atoms with Gasteiger partial charge in [0, 0.05) is 17.7 Å². The van der Waals surface area contributed by atoms with Gasteiger partial charge in [-0.15, -0.1) is 0 Å². The van der Waals surface area contributed by atoms with Crippen molar-refractivity contribution in [1.82, 2.24) is 4.98 Å². The predicted octanol–water partition coefficient (Wildman–Crippen LogP) is 3.51. The Morgan fingerprint density at radius 3 is 2.35 bits per heavy atom. The largest absolute Gasteiger partial charge is 0.493 e. The summed E-state index contributed by atoms with van der Waals surface area (Å²) >= 11 is 0. The van der Waals surface area contributed by atoms with Crippen molar-refractivity contribution in [3.05, 3.63) is 40.7 Å². The third kappa shape index (κ3) is 4.49. The van der Waals surface area contributed by atoms with Gasteiger partial charge in [0.2, 0.25) is 0 Å². The summed E-state index contributed by atoms with van der Waals surface area (Å²) in [6, 6.07) is 5.24. The van der Waals surface area contributed by atoms with Crippen molar-refractivity contribution in [3.8, 4) is 22.6 Å². The molecule has 0 N–H and O–H groups in total. The Balaban J connectivity index is 2.21. The molecule has 1 atom stereocenters. The Morgan fingerprint density at radius 1 is 1.06 bits per heavy atom. The maximum atomic E-state index is 13.2.